The molecule has 4 nitrogen and oxygen atoms in total. The van der Waals surface area contributed by atoms with Crippen molar-refractivity contribution in [3.8, 4) is 11.5 Å². The van der Waals surface area contributed by atoms with Crippen LogP contribution >= 0.6 is 15.9 Å². The number of ether oxygens (including phenoxy) is 2. The highest BCUT2D eigenvalue weighted by Crippen LogP contribution is 2.29. The van der Waals surface area contributed by atoms with Crippen LogP contribution in [-0.2, 0) is 4.79 Å². The van der Waals surface area contributed by atoms with Crippen molar-refractivity contribution in [2.75, 3.05) is 13.7 Å². The van der Waals surface area contributed by atoms with Crippen molar-refractivity contribution in [1.82, 2.24) is 5.32 Å². The van der Waals surface area contributed by atoms with Crippen LogP contribution in [0, 0.1) is 0 Å². The van der Waals surface area contributed by atoms with Gasteiger partial charge in [-0.2, -0.15) is 0 Å². The van der Waals surface area contributed by atoms with Gasteiger partial charge in [-0.15, -0.1) is 0 Å². The minimum absolute atomic E-state index is 0.00497. The van der Waals surface area contributed by atoms with Crippen LogP contribution in [0.3, 0.4) is 0 Å². The van der Waals surface area contributed by atoms with Gasteiger partial charge in [0, 0.05) is 6.04 Å². The lowest BCUT2D eigenvalue weighted by Gasteiger charge is -2.11. The zero-order chi connectivity index (χ0) is 13.5. The molecule has 0 radical (unpaired) electrons. The van der Waals surface area contributed by atoms with Crippen LogP contribution in [0.1, 0.15) is 20.3 Å². The zero-order valence-electron chi connectivity index (χ0n) is 10.8. The Balaban J connectivity index is 2.42. The summed E-state index contributed by atoms with van der Waals surface area (Å²) in [5, 5.41) is 2.81. The minimum Gasteiger partial charge on any atom is -0.497 e. The number of amides is 1. The van der Waals surface area contributed by atoms with Crippen molar-refractivity contribution in [2.45, 2.75) is 26.3 Å². The summed E-state index contributed by atoms with van der Waals surface area (Å²) < 4.78 is 11.4. The summed E-state index contributed by atoms with van der Waals surface area (Å²) in [7, 11) is 1.61. The van der Waals surface area contributed by atoms with Crippen LogP contribution in [0.5, 0.6) is 11.5 Å². The van der Waals surface area contributed by atoms with E-state index < -0.39 is 0 Å². The highest BCUT2D eigenvalue weighted by molar-refractivity contribution is 9.10. The third kappa shape index (κ3) is 4.96. The number of nitrogens with one attached hydrogen (secondary N) is 1. The summed E-state index contributed by atoms with van der Waals surface area (Å²) in [6.07, 6.45) is 0.344. The molecule has 18 heavy (non-hydrogen) atoms. The van der Waals surface area contributed by atoms with Crippen LogP contribution in [-0.4, -0.2) is 25.7 Å². The molecule has 0 aliphatic carbocycles. The molecule has 100 valence electrons. The summed E-state index contributed by atoms with van der Waals surface area (Å²) in [6.45, 7) is 4.21. The standard InChI is InChI=1S/C13H18BrNO3/c1-9(2)15-13(16)6-7-18-12-5-4-10(17-3)8-11(12)14/h4-5,8-9H,6-7H2,1-3H3,(H,15,16). The molecule has 0 aromatic heterocycles. The van der Waals surface area contributed by atoms with Gasteiger partial charge in [-0.25, -0.2) is 0 Å². The molecule has 5 heteroatoms. The molecule has 0 fully saturated rings. The van der Waals surface area contributed by atoms with Gasteiger partial charge in [-0.1, -0.05) is 0 Å². The van der Waals surface area contributed by atoms with E-state index in [-0.39, 0.29) is 11.9 Å². The van der Waals surface area contributed by atoms with E-state index in [4.69, 9.17) is 9.47 Å². The monoisotopic (exact) mass is 315 g/mol. The number of carbonyl (C=O) groups is 1. The molecule has 1 rings (SSSR count). The molecule has 0 bridgehead atoms. The van der Waals surface area contributed by atoms with Gasteiger partial charge in [0.2, 0.25) is 5.91 Å². The molecule has 0 heterocycles. The van der Waals surface area contributed by atoms with Crippen LogP contribution < -0.4 is 14.8 Å². The predicted molar refractivity (Wildman–Crippen MR) is 74.1 cm³/mol. The fourth-order valence-corrected chi connectivity index (χ4v) is 1.85. The summed E-state index contributed by atoms with van der Waals surface area (Å²) in [5.74, 6) is 1.45. The Kier molecular flexibility index (Phi) is 5.98. The molecule has 0 aliphatic heterocycles. The lowest BCUT2D eigenvalue weighted by Crippen LogP contribution is -2.31. The molecular formula is C13H18BrNO3. The van der Waals surface area contributed by atoms with Crippen LogP contribution in [0.25, 0.3) is 0 Å². The highest BCUT2D eigenvalue weighted by atomic mass is 79.9. The highest BCUT2D eigenvalue weighted by Gasteiger charge is 2.06. The maximum atomic E-state index is 11.4. The molecule has 0 atom stereocenters. The van der Waals surface area contributed by atoms with Crippen LogP contribution in [0.15, 0.2) is 22.7 Å². The van der Waals surface area contributed by atoms with Crippen molar-refractivity contribution in [3.63, 3.8) is 0 Å². The zero-order valence-corrected chi connectivity index (χ0v) is 12.4. The molecule has 0 spiro atoms. The van der Waals surface area contributed by atoms with E-state index in [9.17, 15) is 4.79 Å². The first-order valence-electron chi connectivity index (χ1n) is 5.78. The summed E-state index contributed by atoms with van der Waals surface area (Å²) >= 11 is 3.39. The Hall–Kier alpha value is -1.23. The van der Waals surface area contributed by atoms with E-state index in [0.717, 1.165) is 10.2 Å². The SMILES string of the molecule is COc1ccc(OCCC(=O)NC(C)C)c(Br)c1. The van der Waals surface area contributed by atoms with Crippen molar-refractivity contribution >= 4 is 21.8 Å². The third-order valence-corrected chi connectivity index (χ3v) is 2.80. The van der Waals surface area contributed by atoms with Crippen LogP contribution in [0.2, 0.25) is 0 Å². The second kappa shape index (κ2) is 7.26. The minimum atomic E-state index is -0.00497. The fraction of sp³-hybridized carbons (Fsp3) is 0.462. The number of benzene rings is 1. The lowest BCUT2D eigenvalue weighted by atomic mass is 10.3. The van der Waals surface area contributed by atoms with Crippen molar-refractivity contribution in [1.29, 1.82) is 0 Å². The molecule has 1 aromatic carbocycles. The molecule has 1 N–H and O–H groups in total. The fourth-order valence-electron chi connectivity index (χ4n) is 1.37. The van der Waals surface area contributed by atoms with E-state index in [1.54, 1.807) is 7.11 Å². The number of hydrogen-bond donors (Lipinski definition) is 1. The first-order valence-corrected chi connectivity index (χ1v) is 6.58. The van der Waals surface area contributed by atoms with Crippen molar-refractivity contribution < 1.29 is 14.3 Å². The van der Waals surface area contributed by atoms with E-state index in [2.05, 4.69) is 21.2 Å². The Labute approximate surface area is 116 Å². The molecular weight excluding hydrogens is 298 g/mol. The van der Waals surface area contributed by atoms with Gasteiger partial charge < -0.3 is 14.8 Å². The van der Waals surface area contributed by atoms with Gasteiger partial charge >= 0.3 is 0 Å². The van der Waals surface area contributed by atoms with Gasteiger partial charge in [0.05, 0.1) is 24.6 Å². The number of halogens is 1. The number of rotatable bonds is 6. The third-order valence-electron chi connectivity index (χ3n) is 2.18. The second-order valence-corrected chi connectivity index (χ2v) is 4.97. The predicted octanol–water partition coefficient (Wildman–Crippen LogP) is 2.75. The normalized spacial score (nSPS) is 10.3. The Bertz CT molecular complexity index is 407. The Morgan fingerprint density at radius 1 is 1.44 bits per heavy atom. The molecule has 0 saturated carbocycles. The summed E-state index contributed by atoms with van der Waals surface area (Å²) in [5.41, 5.74) is 0. The van der Waals surface area contributed by atoms with E-state index in [0.29, 0.717) is 18.8 Å². The van der Waals surface area contributed by atoms with Gasteiger partial charge in [0.15, 0.2) is 0 Å². The van der Waals surface area contributed by atoms with Gasteiger partial charge in [-0.05, 0) is 48.0 Å². The van der Waals surface area contributed by atoms with Gasteiger partial charge in [0.25, 0.3) is 0 Å². The molecule has 0 unspecified atom stereocenters. The van der Waals surface area contributed by atoms with E-state index >= 15 is 0 Å². The Morgan fingerprint density at radius 3 is 2.72 bits per heavy atom. The first-order chi connectivity index (χ1) is 8.52. The number of methoxy groups -OCH3 is 1. The summed E-state index contributed by atoms with van der Waals surface area (Å²) in [4.78, 5) is 11.4. The average molecular weight is 316 g/mol. The van der Waals surface area contributed by atoms with Crippen molar-refractivity contribution in [3.05, 3.63) is 22.7 Å². The van der Waals surface area contributed by atoms with E-state index in [1.807, 2.05) is 32.0 Å². The number of carbonyl (C=O) groups excluding carboxylic acids is 1. The molecule has 1 amide bonds. The maximum absolute atomic E-state index is 11.4. The average Bonchev–Trinajstić information content (AvgIpc) is 2.30. The molecule has 0 aliphatic rings. The smallest absolute Gasteiger partial charge is 0.223 e. The van der Waals surface area contributed by atoms with Gasteiger partial charge in [0.1, 0.15) is 11.5 Å². The Morgan fingerprint density at radius 2 is 2.17 bits per heavy atom. The summed E-state index contributed by atoms with van der Waals surface area (Å²) in [6, 6.07) is 5.60. The molecule has 0 saturated heterocycles. The van der Waals surface area contributed by atoms with Crippen LogP contribution in [0.4, 0.5) is 0 Å². The lowest BCUT2D eigenvalue weighted by molar-refractivity contribution is -0.122. The maximum Gasteiger partial charge on any atom is 0.223 e. The second-order valence-electron chi connectivity index (χ2n) is 4.12. The van der Waals surface area contributed by atoms with E-state index in [1.165, 1.54) is 0 Å². The van der Waals surface area contributed by atoms with Crippen molar-refractivity contribution in [2.24, 2.45) is 0 Å². The largest absolute Gasteiger partial charge is 0.497 e. The molecule has 1 aromatic rings. The van der Waals surface area contributed by atoms with Gasteiger partial charge in [-0.3, -0.25) is 4.79 Å². The topological polar surface area (TPSA) is 47.6 Å². The number of hydrogen-bond acceptors (Lipinski definition) is 3. The first kappa shape index (κ1) is 14.8. The quantitative estimate of drug-likeness (QED) is 0.878.